The van der Waals surface area contributed by atoms with Crippen LogP contribution >= 0.6 is 0 Å². The minimum atomic E-state index is 0.142. The molecule has 0 fully saturated rings. The molecule has 1 aliphatic carbocycles. The summed E-state index contributed by atoms with van der Waals surface area (Å²) in [5, 5.41) is 9.26. The molecule has 0 unspecified atom stereocenters. The average molecular weight is 350 g/mol. The van der Waals surface area contributed by atoms with Crippen LogP contribution in [0.5, 0.6) is 0 Å². The van der Waals surface area contributed by atoms with Crippen molar-refractivity contribution in [2.24, 2.45) is 0 Å². The van der Waals surface area contributed by atoms with Crippen LogP contribution in [0.25, 0.3) is 16.9 Å². The van der Waals surface area contributed by atoms with Gasteiger partial charge < -0.3 is 15.2 Å². The standard InChI is InChI=1S/C21H26N4O/c1-24(10-11-26)14-19-21(23-20-9-8-18(22)13-25(19)20)17-7-6-15-4-2-3-5-16(15)12-17/h6-9,12-13,26H,2-5,10-11,14,22H2,1H3. The van der Waals surface area contributed by atoms with Gasteiger partial charge in [0.2, 0.25) is 0 Å². The van der Waals surface area contributed by atoms with Gasteiger partial charge in [-0.2, -0.15) is 0 Å². The van der Waals surface area contributed by atoms with Crippen LogP contribution in [-0.4, -0.2) is 39.6 Å². The molecule has 0 saturated carbocycles. The lowest BCUT2D eigenvalue weighted by Crippen LogP contribution is -2.22. The van der Waals surface area contributed by atoms with Gasteiger partial charge in [-0.3, -0.25) is 4.90 Å². The Hall–Kier alpha value is -2.37. The molecule has 1 aliphatic rings. The fraction of sp³-hybridized carbons (Fsp3) is 0.381. The van der Waals surface area contributed by atoms with E-state index < -0.39 is 0 Å². The number of nitrogens with zero attached hydrogens (tertiary/aromatic N) is 3. The second kappa shape index (κ2) is 7.09. The van der Waals surface area contributed by atoms with E-state index in [1.54, 1.807) is 0 Å². The Bertz CT molecular complexity index is 931. The molecule has 136 valence electrons. The lowest BCUT2D eigenvalue weighted by atomic mass is 9.90. The predicted octanol–water partition coefficient (Wildman–Crippen LogP) is 2.89. The summed E-state index contributed by atoms with van der Waals surface area (Å²) in [5.41, 5.74) is 13.9. The molecule has 5 nitrogen and oxygen atoms in total. The molecular formula is C21H26N4O. The largest absolute Gasteiger partial charge is 0.398 e. The summed E-state index contributed by atoms with van der Waals surface area (Å²) in [6, 6.07) is 10.6. The number of aliphatic hydroxyl groups excluding tert-OH is 1. The highest BCUT2D eigenvalue weighted by Gasteiger charge is 2.18. The van der Waals surface area contributed by atoms with Gasteiger partial charge in [-0.25, -0.2) is 4.98 Å². The monoisotopic (exact) mass is 350 g/mol. The van der Waals surface area contributed by atoms with E-state index in [0.717, 1.165) is 29.1 Å². The fourth-order valence-corrected chi connectivity index (χ4v) is 3.88. The first-order valence-electron chi connectivity index (χ1n) is 9.34. The molecule has 3 N–H and O–H groups in total. The molecule has 0 atom stereocenters. The van der Waals surface area contributed by atoms with Crippen molar-refractivity contribution >= 4 is 11.3 Å². The first-order chi connectivity index (χ1) is 12.7. The molecule has 0 spiro atoms. The van der Waals surface area contributed by atoms with Crippen molar-refractivity contribution < 1.29 is 5.11 Å². The van der Waals surface area contributed by atoms with Gasteiger partial charge in [-0.05, 0) is 62.1 Å². The highest BCUT2D eigenvalue weighted by atomic mass is 16.3. The normalized spacial score (nSPS) is 14.1. The zero-order chi connectivity index (χ0) is 18.1. The van der Waals surface area contributed by atoms with Crippen LogP contribution in [-0.2, 0) is 19.4 Å². The molecule has 5 heteroatoms. The molecule has 0 saturated heterocycles. The minimum Gasteiger partial charge on any atom is -0.398 e. The molecule has 4 rings (SSSR count). The molecule has 2 aromatic heterocycles. The number of rotatable bonds is 5. The summed E-state index contributed by atoms with van der Waals surface area (Å²) in [6.07, 6.45) is 6.83. The van der Waals surface area contributed by atoms with Crippen molar-refractivity contribution in [2.75, 3.05) is 25.9 Å². The van der Waals surface area contributed by atoms with E-state index >= 15 is 0 Å². The maximum Gasteiger partial charge on any atom is 0.137 e. The second-order valence-electron chi connectivity index (χ2n) is 7.25. The predicted molar refractivity (Wildman–Crippen MR) is 105 cm³/mol. The Morgan fingerprint density at radius 2 is 1.96 bits per heavy atom. The van der Waals surface area contributed by atoms with Crippen LogP contribution < -0.4 is 5.73 Å². The van der Waals surface area contributed by atoms with E-state index in [2.05, 4.69) is 27.5 Å². The number of aromatic nitrogens is 2. The first kappa shape index (κ1) is 17.1. The maximum absolute atomic E-state index is 9.26. The molecule has 1 aromatic carbocycles. The van der Waals surface area contributed by atoms with E-state index in [4.69, 9.17) is 10.7 Å². The maximum atomic E-state index is 9.26. The molecule has 3 aromatic rings. The fourth-order valence-electron chi connectivity index (χ4n) is 3.88. The van der Waals surface area contributed by atoms with E-state index in [1.807, 2.05) is 25.4 Å². The number of benzene rings is 1. The molecule has 0 bridgehead atoms. The molecule has 0 amide bonds. The van der Waals surface area contributed by atoms with Crippen molar-refractivity contribution in [3.05, 3.63) is 53.3 Å². The number of imidazole rings is 1. The van der Waals surface area contributed by atoms with Gasteiger partial charge in [0.05, 0.1) is 18.0 Å². The third-order valence-corrected chi connectivity index (χ3v) is 5.26. The third-order valence-electron chi connectivity index (χ3n) is 5.26. The Kier molecular flexibility index (Phi) is 4.66. The number of fused-ring (bicyclic) bond motifs is 2. The van der Waals surface area contributed by atoms with Crippen molar-refractivity contribution in [1.82, 2.24) is 14.3 Å². The Morgan fingerprint density at radius 3 is 2.77 bits per heavy atom. The molecule has 0 radical (unpaired) electrons. The highest BCUT2D eigenvalue weighted by Crippen LogP contribution is 2.30. The number of nitrogens with two attached hydrogens (primary N) is 1. The summed E-state index contributed by atoms with van der Waals surface area (Å²) in [7, 11) is 2.01. The zero-order valence-corrected chi connectivity index (χ0v) is 15.3. The van der Waals surface area contributed by atoms with Gasteiger partial charge in [0, 0.05) is 30.5 Å². The summed E-state index contributed by atoms with van der Waals surface area (Å²) in [6.45, 7) is 1.47. The van der Waals surface area contributed by atoms with Crippen LogP contribution in [0.15, 0.2) is 36.5 Å². The van der Waals surface area contributed by atoms with E-state index in [0.29, 0.717) is 13.1 Å². The lowest BCUT2D eigenvalue weighted by molar-refractivity contribution is 0.216. The summed E-state index contributed by atoms with van der Waals surface area (Å²) in [4.78, 5) is 7.01. The van der Waals surface area contributed by atoms with Crippen LogP contribution in [0.3, 0.4) is 0 Å². The van der Waals surface area contributed by atoms with Gasteiger partial charge in [-0.1, -0.05) is 12.1 Å². The van der Waals surface area contributed by atoms with Crippen LogP contribution in [0.1, 0.15) is 29.7 Å². The average Bonchev–Trinajstić information content (AvgIpc) is 2.99. The highest BCUT2D eigenvalue weighted by molar-refractivity contribution is 5.68. The number of likely N-dealkylation sites (N-methyl/N-ethyl adjacent to an activating group) is 1. The van der Waals surface area contributed by atoms with Gasteiger partial charge in [0.15, 0.2) is 0 Å². The van der Waals surface area contributed by atoms with E-state index in [9.17, 15) is 5.11 Å². The van der Waals surface area contributed by atoms with Gasteiger partial charge in [0.25, 0.3) is 0 Å². The van der Waals surface area contributed by atoms with Gasteiger partial charge in [0.1, 0.15) is 5.65 Å². The minimum absolute atomic E-state index is 0.142. The van der Waals surface area contributed by atoms with Crippen molar-refractivity contribution in [1.29, 1.82) is 0 Å². The van der Waals surface area contributed by atoms with E-state index in [-0.39, 0.29) is 6.61 Å². The topological polar surface area (TPSA) is 66.8 Å². The Labute approximate surface area is 154 Å². The van der Waals surface area contributed by atoms with Crippen LogP contribution in [0, 0.1) is 0 Å². The molecule has 2 heterocycles. The van der Waals surface area contributed by atoms with Crippen molar-refractivity contribution in [2.45, 2.75) is 32.2 Å². The molecule has 26 heavy (non-hydrogen) atoms. The zero-order valence-electron chi connectivity index (χ0n) is 15.3. The number of hydrogen-bond acceptors (Lipinski definition) is 4. The summed E-state index contributed by atoms with van der Waals surface area (Å²) >= 11 is 0. The van der Waals surface area contributed by atoms with Gasteiger partial charge in [-0.15, -0.1) is 0 Å². The van der Waals surface area contributed by atoms with E-state index in [1.165, 1.54) is 36.0 Å². The number of anilines is 1. The van der Waals surface area contributed by atoms with Crippen molar-refractivity contribution in [3.8, 4) is 11.3 Å². The third kappa shape index (κ3) is 3.20. The van der Waals surface area contributed by atoms with Gasteiger partial charge >= 0.3 is 0 Å². The molecular weight excluding hydrogens is 324 g/mol. The van der Waals surface area contributed by atoms with Crippen LogP contribution in [0.4, 0.5) is 5.69 Å². The first-order valence-corrected chi connectivity index (χ1v) is 9.34. The smallest absolute Gasteiger partial charge is 0.137 e. The Morgan fingerprint density at radius 1 is 1.15 bits per heavy atom. The lowest BCUT2D eigenvalue weighted by Gasteiger charge is -2.18. The van der Waals surface area contributed by atoms with Crippen molar-refractivity contribution in [3.63, 3.8) is 0 Å². The number of nitrogen functional groups attached to an aromatic ring is 1. The number of aryl methyl sites for hydroxylation is 2. The Balaban J connectivity index is 1.83. The number of hydrogen-bond donors (Lipinski definition) is 2. The summed E-state index contributed by atoms with van der Waals surface area (Å²) < 4.78 is 2.08. The molecule has 0 aliphatic heterocycles. The van der Waals surface area contributed by atoms with Crippen LogP contribution in [0.2, 0.25) is 0 Å². The quantitative estimate of drug-likeness (QED) is 0.742. The summed E-state index contributed by atoms with van der Waals surface area (Å²) in [5.74, 6) is 0. The number of pyridine rings is 1. The SMILES string of the molecule is CN(CCO)Cc1c(-c2ccc3c(c2)CCCC3)nc2ccc(N)cn12. The second-order valence-corrected chi connectivity index (χ2v) is 7.25. The number of aliphatic hydroxyl groups is 1.